The van der Waals surface area contributed by atoms with Gasteiger partial charge in [-0.3, -0.25) is 4.79 Å². The molecule has 120 valence electrons. The van der Waals surface area contributed by atoms with Gasteiger partial charge in [-0.05, 0) is 31.4 Å². The fourth-order valence-corrected chi connectivity index (χ4v) is 3.07. The van der Waals surface area contributed by atoms with Gasteiger partial charge in [0.2, 0.25) is 11.8 Å². The van der Waals surface area contributed by atoms with Crippen LogP contribution in [0.15, 0.2) is 37.2 Å². The lowest BCUT2D eigenvalue weighted by atomic mass is 9.85. The topological polar surface area (TPSA) is 79.9 Å². The Hall–Kier alpha value is -2.63. The number of nitrogens with zero attached hydrogens (tertiary/aromatic N) is 2. The number of aromatic nitrogens is 3. The molecule has 6 heteroatoms. The molecule has 1 fully saturated rings. The van der Waals surface area contributed by atoms with Crippen molar-refractivity contribution in [1.29, 1.82) is 0 Å². The third kappa shape index (κ3) is 2.84. The molecule has 23 heavy (non-hydrogen) atoms. The summed E-state index contributed by atoms with van der Waals surface area (Å²) in [5.74, 6) is 1.32. The minimum Gasteiger partial charge on any atom is -0.481 e. The van der Waals surface area contributed by atoms with E-state index in [0.717, 1.165) is 29.9 Å². The van der Waals surface area contributed by atoms with Gasteiger partial charge in [0.15, 0.2) is 0 Å². The number of nitrogens with one attached hydrogen (secondary N) is 2. The summed E-state index contributed by atoms with van der Waals surface area (Å²) in [6.07, 6.45) is 8.18. The second kappa shape index (κ2) is 6.24. The Bertz CT molecular complexity index is 725. The molecule has 0 spiro atoms. The number of pyridine rings is 1. The molecule has 1 amide bonds. The number of hydrogen-bond acceptors (Lipinski definition) is 4. The summed E-state index contributed by atoms with van der Waals surface area (Å²) in [6, 6.07) is 3.75. The van der Waals surface area contributed by atoms with Crippen molar-refractivity contribution in [2.24, 2.45) is 0 Å². The van der Waals surface area contributed by atoms with Crippen LogP contribution < -0.4 is 10.1 Å². The quantitative estimate of drug-likeness (QED) is 0.832. The zero-order valence-corrected chi connectivity index (χ0v) is 13.1. The molecule has 2 aromatic rings. The van der Waals surface area contributed by atoms with Gasteiger partial charge in [-0.2, -0.15) is 0 Å². The third-order valence-corrected chi connectivity index (χ3v) is 4.15. The monoisotopic (exact) mass is 312 g/mol. The van der Waals surface area contributed by atoms with Gasteiger partial charge in [0.05, 0.1) is 18.4 Å². The fraction of sp³-hybridized carbons (Fsp3) is 0.353. The number of imidazole rings is 1. The standard InChI is InChI=1S/C17H20N4O2/c1-3-8-17(9-4-7-14(22)21-17)16-19-11-13(20-16)12-6-5-10-18-15(12)23-2/h3,5-6,10-11H,1,4,7-9H2,2H3,(H,19,20)(H,21,22)/t17-/m1/s1. The first-order valence-electron chi connectivity index (χ1n) is 7.66. The Balaban J connectivity index is 1.99. The minimum absolute atomic E-state index is 0.0509. The van der Waals surface area contributed by atoms with E-state index < -0.39 is 5.54 Å². The molecule has 0 unspecified atom stereocenters. The summed E-state index contributed by atoms with van der Waals surface area (Å²) in [4.78, 5) is 24.0. The number of hydrogen-bond donors (Lipinski definition) is 2. The fourth-order valence-electron chi connectivity index (χ4n) is 3.07. The highest BCUT2D eigenvalue weighted by Crippen LogP contribution is 2.34. The van der Waals surface area contributed by atoms with E-state index in [1.54, 1.807) is 13.3 Å². The molecule has 0 saturated carbocycles. The van der Waals surface area contributed by atoms with Crippen molar-refractivity contribution in [2.75, 3.05) is 7.11 Å². The number of aromatic amines is 1. The van der Waals surface area contributed by atoms with Gasteiger partial charge in [-0.25, -0.2) is 9.97 Å². The zero-order chi connectivity index (χ0) is 16.3. The first-order chi connectivity index (χ1) is 11.2. The summed E-state index contributed by atoms with van der Waals surface area (Å²) in [7, 11) is 1.58. The molecular weight excluding hydrogens is 292 g/mol. The molecule has 1 atom stereocenters. The van der Waals surface area contributed by atoms with Crippen LogP contribution in [0.4, 0.5) is 0 Å². The maximum absolute atomic E-state index is 11.9. The molecule has 3 heterocycles. The Labute approximate surface area is 135 Å². The number of H-pyrrole nitrogens is 1. The van der Waals surface area contributed by atoms with Crippen LogP contribution in [-0.4, -0.2) is 28.0 Å². The van der Waals surface area contributed by atoms with E-state index in [9.17, 15) is 4.79 Å². The van der Waals surface area contributed by atoms with Crippen molar-refractivity contribution >= 4 is 5.91 Å². The molecule has 0 aliphatic carbocycles. The van der Waals surface area contributed by atoms with Gasteiger partial charge >= 0.3 is 0 Å². The predicted molar refractivity (Wildman–Crippen MR) is 86.9 cm³/mol. The van der Waals surface area contributed by atoms with E-state index in [1.165, 1.54) is 0 Å². The molecule has 0 bridgehead atoms. The van der Waals surface area contributed by atoms with E-state index in [4.69, 9.17) is 9.72 Å². The van der Waals surface area contributed by atoms with E-state index in [1.807, 2.05) is 24.4 Å². The van der Waals surface area contributed by atoms with E-state index in [2.05, 4.69) is 21.9 Å². The van der Waals surface area contributed by atoms with Gasteiger partial charge in [0, 0.05) is 18.8 Å². The van der Waals surface area contributed by atoms with Gasteiger partial charge < -0.3 is 15.0 Å². The lowest BCUT2D eigenvalue weighted by molar-refractivity contribution is -0.125. The number of carbonyl (C=O) groups is 1. The van der Waals surface area contributed by atoms with Crippen LogP contribution in [0.2, 0.25) is 0 Å². The second-order valence-electron chi connectivity index (χ2n) is 5.67. The second-order valence-corrected chi connectivity index (χ2v) is 5.67. The molecule has 3 rings (SSSR count). The first-order valence-corrected chi connectivity index (χ1v) is 7.66. The van der Waals surface area contributed by atoms with Gasteiger partial charge in [-0.15, -0.1) is 6.58 Å². The number of piperidine rings is 1. The highest BCUT2D eigenvalue weighted by atomic mass is 16.5. The van der Waals surface area contributed by atoms with Crippen LogP contribution in [0, 0.1) is 0 Å². The van der Waals surface area contributed by atoms with E-state index >= 15 is 0 Å². The molecule has 1 saturated heterocycles. The largest absolute Gasteiger partial charge is 0.481 e. The van der Waals surface area contributed by atoms with Crippen molar-refractivity contribution in [3.63, 3.8) is 0 Å². The van der Waals surface area contributed by atoms with Crippen molar-refractivity contribution < 1.29 is 9.53 Å². The summed E-state index contributed by atoms with van der Waals surface area (Å²) in [6.45, 7) is 3.82. The van der Waals surface area contributed by atoms with Gasteiger partial charge in [0.25, 0.3) is 0 Å². The third-order valence-electron chi connectivity index (χ3n) is 4.15. The van der Waals surface area contributed by atoms with Crippen LogP contribution >= 0.6 is 0 Å². The molecule has 6 nitrogen and oxygen atoms in total. The molecule has 2 aromatic heterocycles. The normalized spacial score (nSPS) is 20.8. The summed E-state index contributed by atoms with van der Waals surface area (Å²) < 4.78 is 5.29. The Morgan fingerprint density at radius 1 is 1.52 bits per heavy atom. The number of methoxy groups -OCH3 is 1. The Kier molecular flexibility index (Phi) is 4.14. The van der Waals surface area contributed by atoms with Gasteiger partial charge in [0.1, 0.15) is 11.4 Å². The van der Waals surface area contributed by atoms with Crippen LogP contribution in [0.5, 0.6) is 5.88 Å². The number of rotatable bonds is 5. The Morgan fingerprint density at radius 3 is 3.13 bits per heavy atom. The molecule has 1 aliphatic rings. The number of ether oxygens (including phenoxy) is 1. The number of carbonyl (C=O) groups excluding carboxylic acids is 1. The van der Waals surface area contributed by atoms with Crippen molar-refractivity contribution in [3.8, 4) is 17.1 Å². The zero-order valence-electron chi connectivity index (χ0n) is 13.1. The van der Waals surface area contributed by atoms with Crippen LogP contribution in [-0.2, 0) is 10.3 Å². The molecular formula is C17H20N4O2. The van der Waals surface area contributed by atoms with E-state index in [0.29, 0.717) is 18.7 Å². The highest BCUT2D eigenvalue weighted by Gasteiger charge is 2.38. The SMILES string of the molecule is C=CC[C@]1(c2nc(-c3cccnc3OC)c[nH]2)CCCC(=O)N1. The van der Waals surface area contributed by atoms with E-state index in [-0.39, 0.29) is 5.91 Å². The van der Waals surface area contributed by atoms with Crippen LogP contribution in [0.1, 0.15) is 31.5 Å². The summed E-state index contributed by atoms with van der Waals surface area (Å²) in [5, 5.41) is 3.09. The molecule has 0 radical (unpaired) electrons. The smallest absolute Gasteiger partial charge is 0.222 e. The lowest BCUT2D eigenvalue weighted by Gasteiger charge is -2.35. The summed E-state index contributed by atoms with van der Waals surface area (Å²) in [5.41, 5.74) is 1.05. The molecule has 1 aliphatic heterocycles. The lowest BCUT2D eigenvalue weighted by Crippen LogP contribution is -2.49. The molecule has 0 aromatic carbocycles. The maximum Gasteiger partial charge on any atom is 0.222 e. The first kappa shape index (κ1) is 15.3. The molecule has 2 N–H and O–H groups in total. The van der Waals surface area contributed by atoms with Crippen molar-refractivity contribution in [3.05, 3.63) is 43.0 Å². The van der Waals surface area contributed by atoms with Crippen LogP contribution in [0.3, 0.4) is 0 Å². The predicted octanol–water partition coefficient (Wildman–Crippen LogP) is 2.55. The maximum atomic E-state index is 11.9. The van der Waals surface area contributed by atoms with Crippen molar-refractivity contribution in [1.82, 2.24) is 20.3 Å². The van der Waals surface area contributed by atoms with Crippen LogP contribution in [0.25, 0.3) is 11.3 Å². The highest BCUT2D eigenvalue weighted by molar-refractivity contribution is 5.78. The average Bonchev–Trinajstić information content (AvgIpc) is 3.05. The summed E-state index contributed by atoms with van der Waals surface area (Å²) >= 11 is 0. The van der Waals surface area contributed by atoms with Gasteiger partial charge in [-0.1, -0.05) is 6.08 Å². The Morgan fingerprint density at radius 2 is 2.39 bits per heavy atom. The number of amides is 1. The average molecular weight is 312 g/mol. The minimum atomic E-state index is -0.509. The van der Waals surface area contributed by atoms with Crippen molar-refractivity contribution in [2.45, 2.75) is 31.2 Å².